The quantitative estimate of drug-likeness (QED) is 0.178. The van der Waals surface area contributed by atoms with E-state index in [9.17, 15) is 0 Å². The first-order valence-corrected chi connectivity index (χ1v) is 12.4. The van der Waals surface area contributed by atoms with Gasteiger partial charge in [-0.3, -0.25) is 6.08 Å². The van der Waals surface area contributed by atoms with E-state index in [1.54, 1.807) is 5.20 Å². The summed E-state index contributed by atoms with van der Waals surface area (Å²) in [5.41, 5.74) is 6.71. The molecule has 0 aromatic heterocycles. The summed E-state index contributed by atoms with van der Waals surface area (Å²) < 4.78 is 0. The molecular weight excluding hydrogens is 519 g/mol. The molecule has 0 radical (unpaired) electrons. The van der Waals surface area contributed by atoms with E-state index in [1.807, 2.05) is 0 Å². The van der Waals surface area contributed by atoms with Gasteiger partial charge in [-0.05, 0) is 36.3 Å². The molecule has 170 valence electrons. The molecule has 0 heterocycles. The average Bonchev–Trinajstić information content (AvgIpc) is 3.02. The Bertz CT molecular complexity index is 1040. The molecule has 3 aromatic rings. The van der Waals surface area contributed by atoms with Crippen molar-refractivity contribution in [2.24, 2.45) is 0 Å². The van der Waals surface area contributed by atoms with Gasteiger partial charge in [-0.15, -0.1) is 13.3 Å². The molecule has 0 aliphatic heterocycles. The summed E-state index contributed by atoms with van der Waals surface area (Å²) in [5, 5.41) is 6.00. The molecule has 0 fully saturated rings. The third kappa shape index (κ3) is 5.96. The molecule has 0 atom stereocenters. The monoisotopic (exact) mass is 546 g/mol. The van der Waals surface area contributed by atoms with Gasteiger partial charge >= 0.3 is 21.7 Å². The summed E-state index contributed by atoms with van der Waals surface area (Å²) in [6.45, 7) is 11.1. The molecule has 1 aliphatic rings. The Morgan fingerprint density at radius 2 is 0.970 bits per heavy atom. The largest absolute Gasteiger partial charge is 4.00 e. The third-order valence-electron chi connectivity index (χ3n) is 6.35. The molecule has 0 bridgehead atoms. The van der Waals surface area contributed by atoms with E-state index in [0.717, 1.165) is 6.42 Å². The Morgan fingerprint density at radius 3 is 1.24 bits per heavy atom. The second-order valence-corrected chi connectivity index (χ2v) is 12.3. The molecule has 4 rings (SSSR count). The van der Waals surface area contributed by atoms with E-state index in [1.165, 1.54) is 43.4 Å². The smallest absolute Gasteiger partial charge is 1.00 e. The number of aryl methyl sites for hydroxylation is 3. The molecule has 0 spiro atoms. The van der Waals surface area contributed by atoms with Crippen LogP contribution >= 0.6 is 0 Å². The molecule has 0 unspecified atom stereocenters. The van der Waals surface area contributed by atoms with E-state index < -0.39 is 8.07 Å². The summed E-state index contributed by atoms with van der Waals surface area (Å²) in [5.74, 6) is 0. The minimum absolute atomic E-state index is 0. The van der Waals surface area contributed by atoms with Crippen LogP contribution in [0.5, 0.6) is 0 Å². The Kier molecular flexibility index (Phi) is 12.7. The van der Waals surface area contributed by atoms with Gasteiger partial charge in [0.2, 0.25) is 0 Å². The summed E-state index contributed by atoms with van der Waals surface area (Å²) in [4.78, 5) is 0. The van der Waals surface area contributed by atoms with Crippen LogP contribution in [0.3, 0.4) is 0 Å². The average molecular weight is 548 g/mol. The van der Waals surface area contributed by atoms with Crippen molar-refractivity contribution in [3.63, 3.8) is 0 Å². The van der Waals surface area contributed by atoms with Crippen LogP contribution in [0.15, 0.2) is 89.1 Å². The maximum atomic E-state index is 3.66. The van der Waals surface area contributed by atoms with Crippen LogP contribution in [0.2, 0.25) is 0 Å². The molecule has 0 saturated heterocycles. The fourth-order valence-corrected chi connectivity index (χ4v) is 10.3. The predicted octanol–water partition coefficient (Wildman–Crippen LogP) is -3.90. The van der Waals surface area contributed by atoms with Gasteiger partial charge in [-0.1, -0.05) is 96.4 Å². The Labute approximate surface area is 234 Å². The van der Waals surface area contributed by atoms with Gasteiger partial charge in [-0.25, -0.2) is 11.1 Å². The molecule has 5 heteroatoms. The number of rotatable bonds is 4. The van der Waals surface area contributed by atoms with Crippen molar-refractivity contribution in [2.75, 3.05) is 0 Å². The zero-order chi connectivity index (χ0) is 20.6. The van der Waals surface area contributed by atoms with Crippen molar-refractivity contribution in [1.82, 2.24) is 0 Å². The van der Waals surface area contributed by atoms with Gasteiger partial charge in [0.05, 0.1) is 0 Å². The Hall–Kier alpha value is -1.06. The number of allylic oxidation sites excluding steroid dienone is 4. The zero-order valence-electron chi connectivity index (χ0n) is 19.8. The second-order valence-electron chi connectivity index (χ2n) is 8.44. The van der Waals surface area contributed by atoms with E-state index in [0.29, 0.717) is 0 Å². The summed E-state index contributed by atoms with van der Waals surface area (Å²) in [6.07, 6.45) is 4.59. The summed E-state index contributed by atoms with van der Waals surface area (Å²) in [6, 6.07) is 27.7. The molecule has 0 amide bonds. The maximum absolute atomic E-state index is 3.66. The summed E-state index contributed by atoms with van der Waals surface area (Å²) >= 11 is 0. The van der Waals surface area contributed by atoms with E-state index in [4.69, 9.17) is 0 Å². The van der Waals surface area contributed by atoms with E-state index in [-0.39, 0.29) is 58.9 Å². The first kappa shape index (κ1) is 31.9. The number of hydrogen-bond donors (Lipinski definition) is 0. The second kappa shape index (κ2) is 13.1. The predicted molar refractivity (Wildman–Crippen MR) is 128 cm³/mol. The van der Waals surface area contributed by atoms with Crippen LogP contribution in [0.25, 0.3) is 0 Å². The van der Waals surface area contributed by atoms with Crippen LogP contribution < -0.4 is 52.8 Å². The minimum Gasteiger partial charge on any atom is -1.00 e. The third-order valence-corrected chi connectivity index (χ3v) is 11.3. The van der Waals surface area contributed by atoms with E-state index >= 15 is 0 Å². The van der Waals surface area contributed by atoms with Gasteiger partial charge in [0.15, 0.2) is 8.07 Å². The van der Waals surface area contributed by atoms with Gasteiger partial charge in [-0.2, -0.15) is 5.20 Å². The van der Waals surface area contributed by atoms with Crippen molar-refractivity contribution < 1.29 is 58.9 Å². The fourth-order valence-electron chi connectivity index (χ4n) is 4.78. The van der Waals surface area contributed by atoms with Crippen molar-refractivity contribution in [3.8, 4) is 0 Å². The minimum atomic E-state index is -2.39. The Morgan fingerprint density at radius 1 is 0.606 bits per heavy atom. The first-order chi connectivity index (χ1) is 13.9. The first-order valence-electron chi connectivity index (χ1n) is 10.4. The number of benzene rings is 3. The van der Waals surface area contributed by atoms with Gasteiger partial charge < -0.3 is 37.2 Å². The van der Waals surface area contributed by atoms with Crippen molar-refractivity contribution in [1.29, 1.82) is 0 Å². The maximum Gasteiger partial charge on any atom is 4.00 e. The van der Waals surface area contributed by atoms with Crippen molar-refractivity contribution in [3.05, 3.63) is 112 Å². The summed E-state index contributed by atoms with van der Waals surface area (Å²) in [7, 11) is -2.39. The Balaban J connectivity index is 0.00000256. The molecule has 1 aliphatic carbocycles. The molecule has 0 saturated carbocycles. The van der Waals surface area contributed by atoms with Crippen LogP contribution in [-0.4, -0.2) is 8.07 Å². The van der Waals surface area contributed by atoms with E-state index in [2.05, 4.69) is 113 Å². The topological polar surface area (TPSA) is 0 Å². The molecule has 0 N–H and O–H groups in total. The van der Waals surface area contributed by atoms with Crippen LogP contribution in [0, 0.1) is 26.8 Å². The van der Waals surface area contributed by atoms with Crippen LogP contribution in [0.1, 0.15) is 37.0 Å². The van der Waals surface area contributed by atoms with Crippen molar-refractivity contribution >= 4 is 23.6 Å². The van der Waals surface area contributed by atoms with Crippen LogP contribution in [0.4, 0.5) is 0 Å². The number of hydrogen-bond acceptors (Lipinski definition) is 0. The van der Waals surface area contributed by atoms with Crippen molar-refractivity contribution in [2.45, 2.75) is 41.0 Å². The van der Waals surface area contributed by atoms with Gasteiger partial charge in [0.25, 0.3) is 0 Å². The SMILES string of the molecule is CC1=[C-]CC([Si](c2cccc(C)c2)(c2cccc(C)c2)c2cccc(C)c2)=C1C.[Cl-].[Cl-].[Cl-].[Ti+4]. The van der Waals surface area contributed by atoms with Gasteiger partial charge in [0, 0.05) is 0 Å². The van der Waals surface area contributed by atoms with Crippen LogP contribution in [-0.2, 0) is 21.7 Å². The molecule has 33 heavy (non-hydrogen) atoms. The molecule has 3 aromatic carbocycles. The molecule has 0 nitrogen and oxygen atoms in total. The van der Waals surface area contributed by atoms with Gasteiger partial charge in [0.1, 0.15) is 0 Å². The number of halogens is 3. The zero-order valence-corrected chi connectivity index (χ0v) is 24.6. The standard InChI is InChI=1S/C28H29Si.3ClH.Ti/c1-20-9-6-12-25(17-20)29(26-13-7-10-21(2)18-26,27-14-8-11-22(3)19-27)28-16-15-23(4)24(28)5;;;;/h6-14,17-19H,16H2,1-5H3;3*1H;/q-1;;;;+4/p-3. The fraction of sp³-hybridized carbons (Fsp3) is 0.214. The normalized spacial score (nSPS) is 12.6. The molecular formula is C28H29Cl3SiTi.